The SMILES string of the molecule is C.CCCCC(=CC(=O)c1ccc(O)cc1)NOc1ccc([N+](=O)[O-])cc1.CCCCC(=O)CC(=O)c1ccc(O)cc1.CCCCC(CC(=O)c1ccc(O)cc1)=NOc1ccc([N+](=O)[O-])cc1.CCCCc1oc2ccc([N+](=O)[O-])cc2c1C(=O)c1ccc(O)cc1.NOc1ccc([N+](=O)[O-])cc1. The van der Waals surface area contributed by atoms with E-state index in [1.54, 1.807) is 24.3 Å². The molecule has 0 spiro atoms. The number of nitro groups is 4. The number of ketones is 5. The molecule has 0 saturated carbocycles. The van der Waals surface area contributed by atoms with E-state index in [1.807, 2.05) is 27.7 Å². The molecule has 0 aliphatic rings. The van der Waals surface area contributed by atoms with E-state index < -0.39 is 19.7 Å². The van der Waals surface area contributed by atoms with Crippen LogP contribution in [0, 0.1) is 40.5 Å². The minimum Gasteiger partial charge on any atom is -0.508 e. The summed E-state index contributed by atoms with van der Waals surface area (Å²) in [6, 6.07) is 44.9. The maximum Gasteiger partial charge on any atom is 0.270 e. The number of unbranched alkanes of at least 4 members (excludes halogenated alkanes) is 4. The summed E-state index contributed by atoms with van der Waals surface area (Å²) >= 11 is 0. The van der Waals surface area contributed by atoms with E-state index in [0.717, 1.165) is 51.4 Å². The number of hydrogen-bond acceptors (Lipinski definition) is 24. The number of benzene rings is 8. The van der Waals surface area contributed by atoms with Gasteiger partial charge in [0.2, 0.25) is 0 Å². The molecule has 0 bridgehead atoms. The number of fused-ring (bicyclic) bond motifs is 1. The summed E-state index contributed by atoms with van der Waals surface area (Å²) in [5.74, 6) is 6.08. The highest BCUT2D eigenvalue weighted by Gasteiger charge is 2.24. The quantitative estimate of drug-likeness (QED) is 0.00569. The van der Waals surface area contributed by atoms with Gasteiger partial charge in [-0.05, 0) is 178 Å². The first kappa shape index (κ1) is 84.4. The van der Waals surface area contributed by atoms with Gasteiger partial charge in [0.25, 0.3) is 22.7 Å². The number of furan rings is 1. The molecule has 9 aromatic rings. The van der Waals surface area contributed by atoms with Gasteiger partial charge in [-0.3, -0.25) is 64.4 Å². The average molecular weight is 1440 g/mol. The molecule has 0 amide bonds. The minimum atomic E-state index is -0.493. The van der Waals surface area contributed by atoms with E-state index in [0.29, 0.717) is 98.9 Å². The second-order valence-corrected chi connectivity index (χ2v) is 22.9. The van der Waals surface area contributed by atoms with Crippen molar-refractivity contribution in [2.24, 2.45) is 11.1 Å². The number of carbonyl (C=O) groups excluding carboxylic acids is 5. The van der Waals surface area contributed by atoms with Gasteiger partial charge in [0.05, 0.1) is 49.5 Å². The zero-order valence-electron chi connectivity index (χ0n) is 57.4. The molecule has 105 heavy (non-hydrogen) atoms. The number of nitrogens with two attached hydrogens (primary N) is 1. The zero-order chi connectivity index (χ0) is 76.1. The van der Waals surface area contributed by atoms with Crippen LogP contribution >= 0.6 is 0 Å². The van der Waals surface area contributed by atoms with Crippen molar-refractivity contribution in [3.8, 4) is 40.2 Å². The first-order valence-corrected chi connectivity index (χ1v) is 32.9. The standard InChI is InChI=1S/2C19H20N2O5.C19H17NO5.C13H16O3.C6H6N2O3.CH4/c2*1-2-3-4-15(13-19(23)14-5-9-17(22)10-6-14)20-26-18-11-7-16(8-12-18)21(24)25;1-2-3-4-17-18(19(22)12-5-8-14(21)9-6-12)15-11-13(20(23)24)7-10-16(15)25-17;1-2-3-4-12(15)9-13(16)10-5-7-11(14)8-6-10;7-11-6-3-1-5(2-4-6)8(9)10;/h5-12,22H,2-4,13H2,1H3;5-13,20,22H,2-4H2,1H3;5-11,21H,2-4H2,1H3;5-8,14H,2-4,9H2,1H3;1-4H,7H2;1H4. The Hall–Kier alpha value is -13.0. The van der Waals surface area contributed by atoms with Crippen LogP contribution in [0.15, 0.2) is 209 Å². The molecule has 1 aromatic heterocycles. The highest BCUT2D eigenvalue weighted by atomic mass is 16.7. The van der Waals surface area contributed by atoms with Crippen molar-refractivity contribution in [2.45, 2.75) is 125 Å². The Labute approximate surface area is 604 Å². The largest absolute Gasteiger partial charge is 0.508 e. The van der Waals surface area contributed by atoms with Gasteiger partial charge in [0, 0.05) is 95.1 Å². The maximum absolute atomic E-state index is 13.0. The molecule has 8 aromatic carbocycles. The number of aryl methyl sites for hydroxylation is 1. The molecule has 1 heterocycles. The number of oxime groups is 1. The van der Waals surface area contributed by atoms with Crippen molar-refractivity contribution in [2.75, 3.05) is 0 Å². The molecule has 0 unspecified atom stereocenters. The second-order valence-electron chi connectivity index (χ2n) is 22.9. The van der Waals surface area contributed by atoms with E-state index in [-0.39, 0.29) is 94.9 Å². The highest BCUT2D eigenvalue weighted by molar-refractivity contribution is 6.17. The molecule has 28 heteroatoms. The third-order valence-electron chi connectivity index (χ3n) is 14.9. The first-order chi connectivity index (χ1) is 49.9. The summed E-state index contributed by atoms with van der Waals surface area (Å²) in [6.45, 7) is 8.12. The molecule has 0 atom stereocenters. The third-order valence-corrected chi connectivity index (χ3v) is 14.9. The Balaban J connectivity index is 0.000000285. The van der Waals surface area contributed by atoms with Crippen molar-refractivity contribution in [3.05, 3.63) is 274 Å². The number of phenolic OH excluding ortho intramolecular Hbond substituents is 4. The van der Waals surface area contributed by atoms with Gasteiger partial charge in [0.15, 0.2) is 34.6 Å². The van der Waals surface area contributed by atoms with Gasteiger partial charge in [-0.1, -0.05) is 66.0 Å². The normalized spacial score (nSPS) is 10.6. The van der Waals surface area contributed by atoms with Crippen LogP contribution in [-0.2, 0) is 11.2 Å². The van der Waals surface area contributed by atoms with E-state index in [1.165, 1.54) is 170 Å². The first-order valence-electron chi connectivity index (χ1n) is 32.9. The molecule has 0 radical (unpaired) electrons. The van der Waals surface area contributed by atoms with Crippen molar-refractivity contribution < 1.29 is 83.0 Å². The monoisotopic (exact) mass is 1440 g/mol. The topological polar surface area (TPSA) is 430 Å². The Kier molecular flexibility index (Phi) is 35.6. The molecule has 9 rings (SSSR count). The number of rotatable bonds is 32. The van der Waals surface area contributed by atoms with Gasteiger partial charge in [-0.2, -0.15) is 5.90 Å². The van der Waals surface area contributed by atoms with Crippen LogP contribution in [0.2, 0.25) is 0 Å². The number of aromatic hydroxyl groups is 4. The van der Waals surface area contributed by atoms with E-state index in [4.69, 9.17) is 25.1 Å². The molecule has 0 aliphatic carbocycles. The summed E-state index contributed by atoms with van der Waals surface area (Å²) < 4.78 is 5.81. The van der Waals surface area contributed by atoms with Crippen LogP contribution < -0.4 is 25.9 Å². The number of Topliss-reactive ketones (excluding diaryl/α,β-unsaturated/α-hetero) is 3. The van der Waals surface area contributed by atoms with Gasteiger partial charge in [-0.15, -0.1) is 0 Å². The van der Waals surface area contributed by atoms with Crippen LogP contribution in [-0.4, -0.2) is 74.7 Å². The number of allylic oxidation sites excluding steroid dienone is 2. The molecule has 0 aliphatic heterocycles. The summed E-state index contributed by atoms with van der Waals surface area (Å²) in [7, 11) is 0. The van der Waals surface area contributed by atoms with Crippen LogP contribution in [0.4, 0.5) is 22.7 Å². The number of phenols is 4. The van der Waals surface area contributed by atoms with E-state index >= 15 is 0 Å². The highest BCUT2D eigenvalue weighted by Crippen LogP contribution is 2.33. The minimum absolute atomic E-state index is 0. The number of nitrogens with one attached hydrogen (secondary N) is 1. The van der Waals surface area contributed by atoms with Gasteiger partial charge < -0.3 is 39.4 Å². The van der Waals surface area contributed by atoms with Crippen molar-refractivity contribution in [3.63, 3.8) is 0 Å². The summed E-state index contributed by atoms with van der Waals surface area (Å²) in [4.78, 5) is 116. The molecule has 28 nitrogen and oxygen atoms in total. The fourth-order valence-corrected chi connectivity index (χ4v) is 9.18. The predicted molar refractivity (Wildman–Crippen MR) is 394 cm³/mol. The van der Waals surface area contributed by atoms with Crippen LogP contribution in [0.1, 0.15) is 171 Å². The second kappa shape index (κ2) is 44.3. The molecule has 552 valence electrons. The summed E-state index contributed by atoms with van der Waals surface area (Å²) in [5, 5.41) is 84.1. The number of carbonyl (C=O) groups is 5. The Morgan fingerprint density at radius 1 is 0.486 bits per heavy atom. The fraction of sp³-hybridized carbons (Fsp3) is 0.247. The Bertz CT molecular complexity index is 4390. The number of non-ortho nitro benzene ring substituents is 4. The predicted octanol–water partition coefficient (Wildman–Crippen LogP) is 17.5. The lowest BCUT2D eigenvalue weighted by atomic mass is 9.98. The summed E-state index contributed by atoms with van der Waals surface area (Å²) in [6.07, 6.45) is 11.0. The lowest BCUT2D eigenvalue weighted by molar-refractivity contribution is -0.385. The van der Waals surface area contributed by atoms with E-state index in [2.05, 4.69) is 15.5 Å². The fourth-order valence-electron chi connectivity index (χ4n) is 9.18. The third kappa shape index (κ3) is 28.9. The number of hydroxylamine groups is 1. The molecule has 0 fully saturated rings. The average Bonchev–Trinajstić information content (AvgIpc) is 1.63. The molecular formula is C77H83N7O21. The van der Waals surface area contributed by atoms with Crippen molar-refractivity contribution >= 4 is 68.3 Å². The van der Waals surface area contributed by atoms with Gasteiger partial charge >= 0.3 is 0 Å². The molecule has 0 saturated heterocycles. The van der Waals surface area contributed by atoms with Crippen molar-refractivity contribution in [1.29, 1.82) is 0 Å². The Morgan fingerprint density at radius 3 is 1.33 bits per heavy atom. The smallest absolute Gasteiger partial charge is 0.270 e. The van der Waals surface area contributed by atoms with Crippen LogP contribution in [0.3, 0.4) is 0 Å². The zero-order valence-corrected chi connectivity index (χ0v) is 57.4. The van der Waals surface area contributed by atoms with Crippen molar-refractivity contribution in [1.82, 2.24) is 5.48 Å². The van der Waals surface area contributed by atoms with E-state index in [9.17, 15) is 79.7 Å². The molecule has 7 N–H and O–H groups in total. The lowest BCUT2D eigenvalue weighted by Crippen LogP contribution is -2.19. The maximum atomic E-state index is 13.0. The van der Waals surface area contributed by atoms with Crippen LogP contribution in [0.25, 0.3) is 11.0 Å². The lowest BCUT2D eigenvalue weighted by Gasteiger charge is -2.11. The summed E-state index contributed by atoms with van der Waals surface area (Å²) in [5.41, 5.74) is 6.45. The number of hydrogen-bond donors (Lipinski definition) is 6. The van der Waals surface area contributed by atoms with Gasteiger partial charge in [0.1, 0.15) is 45.9 Å². The number of nitro benzene ring substituents is 4. The van der Waals surface area contributed by atoms with Gasteiger partial charge in [-0.25, -0.2) is 5.48 Å². The Morgan fingerprint density at radius 2 is 0.886 bits per heavy atom. The van der Waals surface area contributed by atoms with Crippen LogP contribution in [0.5, 0.6) is 40.2 Å². The number of nitrogens with zero attached hydrogens (tertiary/aromatic N) is 5. The molecular weight excluding hydrogens is 1360 g/mol.